The smallest absolute Gasteiger partial charge is 0.269 e. The Hall–Kier alpha value is -1.70. The normalized spacial score (nSPS) is 15.0. The predicted octanol–water partition coefficient (Wildman–Crippen LogP) is 0.826. The Balaban J connectivity index is 1.59. The van der Waals surface area contributed by atoms with E-state index in [-0.39, 0.29) is 5.91 Å². The molecule has 23 heavy (non-hydrogen) atoms. The number of hydrazine groups is 1. The van der Waals surface area contributed by atoms with E-state index in [1.807, 2.05) is 25.1 Å². The molecular formula is C16H24N4O2S. The number of carbonyl (C=O) groups excluding carboxylic acids is 1. The van der Waals surface area contributed by atoms with Crippen LogP contribution in [-0.2, 0) is 4.74 Å². The summed E-state index contributed by atoms with van der Waals surface area (Å²) >= 11 is 5.15. The second-order valence-electron chi connectivity index (χ2n) is 5.46. The van der Waals surface area contributed by atoms with Gasteiger partial charge >= 0.3 is 0 Å². The highest BCUT2D eigenvalue weighted by Gasteiger charge is 2.10. The van der Waals surface area contributed by atoms with Crippen molar-refractivity contribution in [1.29, 1.82) is 0 Å². The fourth-order valence-electron chi connectivity index (χ4n) is 2.38. The first-order valence-electron chi connectivity index (χ1n) is 7.87. The first-order chi connectivity index (χ1) is 11.2. The summed E-state index contributed by atoms with van der Waals surface area (Å²) in [5.41, 5.74) is 6.91. The number of rotatable bonds is 5. The molecule has 1 aromatic rings. The summed E-state index contributed by atoms with van der Waals surface area (Å²) in [5, 5.41) is 3.52. The molecule has 0 spiro atoms. The van der Waals surface area contributed by atoms with E-state index in [0.717, 1.165) is 51.4 Å². The third kappa shape index (κ3) is 6.13. The highest BCUT2D eigenvalue weighted by Crippen LogP contribution is 2.05. The standard InChI is InChI=1S/C16H24N4O2S/c1-13-5-2-3-6-14(13)15(21)18-19-16(23)17-7-4-8-20-9-11-22-12-10-20/h2-3,5-6H,4,7-12H2,1H3,(H,18,21)(H2,17,19,23). The molecule has 0 atom stereocenters. The van der Waals surface area contributed by atoms with Crippen molar-refractivity contribution < 1.29 is 9.53 Å². The highest BCUT2D eigenvalue weighted by atomic mass is 32.1. The lowest BCUT2D eigenvalue weighted by Crippen LogP contribution is -2.47. The molecule has 1 saturated heterocycles. The number of thiocarbonyl (C=S) groups is 1. The maximum atomic E-state index is 12.0. The molecule has 7 heteroatoms. The monoisotopic (exact) mass is 336 g/mol. The SMILES string of the molecule is Cc1ccccc1C(=O)NNC(=S)NCCCN1CCOCC1. The third-order valence-electron chi connectivity index (χ3n) is 3.72. The molecule has 0 saturated carbocycles. The number of nitrogens with one attached hydrogen (secondary N) is 3. The number of morpholine rings is 1. The van der Waals surface area contributed by atoms with Crippen molar-refractivity contribution in [3.63, 3.8) is 0 Å². The minimum atomic E-state index is -0.194. The average molecular weight is 336 g/mol. The van der Waals surface area contributed by atoms with Gasteiger partial charge in [0, 0.05) is 25.2 Å². The van der Waals surface area contributed by atoms with Gasteiger partial charge in [0.05, 0.1) is 13.2 Å². The molecule has 0 aromatic heterocycles. The van der Waals surface area contributed by atoms with Gasteiger partial charge in [0.1, 0.15) is 0 Å². The van der Waals surface area contributed by atoms with E-state index in [9.17, 15) is 4.79 Å². The molecule has 1 aliphatic rings. The fourth-order valence-corrected chi connectivity index (χ4v) is 2.54. The van der Waals surface area contributed by atoms with E-state index in [1.165, 1.54) is 0 Å². The van der Waals surface area contributed by atoms with Crippen molar-refractivity contribution in [3.8, 4) is 0 Å². The van der Waals surface area contributed by atoms with E-state index in [0.29, 0.717) is 10.7 Å². The molecule has 126 valence electrons. The molecule has 2 rings (SSSR count). The molecule has 0 unspecified atom stereocenters. The minimum Gasteiger partial charge on any atom is -0.379 e. The summed E-state index contributed by atoms with van der Waals surface area (Å²) in [6.45, 7) is 7.32. The van der Waals surface area contributed by atoms with E-state index in [2.05, 4.69) is 21.1 Å². The topological polar surface area (TPSA) is 65.6 Å². The lowest BCUT2D eigenvalue weighted by atomic mass is 10.1. The maximum absolute atomic E-state index is 12.0. The number of hydrogen-bond donors (Lipinski definition) is 3. The highest BCUT2D eigenvalue weighted by molar-refractivity contribution is 7.80. The Morgan fingerprint density at radius 1 is 1.26 bits per heavy atom. The lowest BCUT2D eigenvalue weighted by Gasteiger charge is -2.26. The molecule has 0 bridgehead atoms. The van der Waals surface area contributed by atoms with Gasteiger partial charge < -0.3 is 10.1 Å². The van der Waals surface area contributed by atoms with Crippen molar-refractivity contribution in [2.45, 2.75) is 13.3 Å². The van der Waals surface area contributed by atoms with Crippen LogP contribution in [0.3, 0.4) is 0 Å². The Labute approximate surface area is 142 Å². The van der Waals surface area contributed by atoms with Crippen LogP contribution in [0.4, 0.5) is 0 Å². The van der Waals surface area contributed by atoms with E-state index in [4.69, 9.17) is 17.0 Å². The predicted molar refractivity (Wildman–Crippen MR) is 94.3 cm³/mol. The Bertz CT molecular complexity index is 533. The van der Waals surface area contributed by atoms with Gasteiger partial charge in [0.15, 0.2) is 5.11 Å². The number of amides is 1. The van der Waals surface area contributed by atoms with Gasteiger partial charge in [-0.1, -0.05) is 18.2 Å². The van der Waals surface area contributed by atoms with Crippen molar-refractivity contribution in [3.05, 3.63) is 35.4 Å². The molecule has 1 amide bonds. The van der Waals surface area contributed by atoms with Crippen molar-refractivity contribution in [2.75, 3.05) is 39.4 Å². The zero-order chi connectivity index (χ0) is 16.5. The zero-order valence-electron chi connectivity index (χ0n) is 13.4. The van der Waals surface area contributed by atoms with Gasteiger partial charge in [-0.05, 0) is 43.7 Å². The maximum Gasteiger partial charge on any atom is 0.269 e. The summed E-state index contributed by atoms with van der Waals surface area (Å²) in [6, 6.07) is 7.42. The van der Waals surface area contributed by atoms with Crippen LogP contribution in [0.2, 0.25) is 0 Å². The molecule has 1 aromatic carbocycles. The molecular weight excluding hydrogens is 312 g/mol. The first kappa shape index (κ1) is 17.7. The van der Waals surface area contributed by atoms with Gasteiger partial charge in [-0.3, -0.25) is 20.5 Å². The van der Waals surface area contributed by atoms with Crippen LogP contribution in [0, 0.1) is 6.92 Å². The number of nitrogens with zero attached hydrogens (tertiary/aromatic N) is 1. The van der Waals surface area contributed by atoms with Crippen LogP contribution < -0.4 is 16.2 Å². The third-order valence-corrected chi connectivity index (χ3v) is 3.97. The van der Waals surface area contributed by atoms with E-state index in [1.54, 1.807) is 6.07 Å². The van der Waals surface area contributed by atoms with Crippen LogP contribution in [-0.4, -0.2) is 55.3 Å². The summed E-state index contributed by atoms with van der Waals surface area (Å²) in [6.07, 6.45) is 0.994. The van der Waals surface area contributed by atoms with Crippen LogP contribution in [0.5, 0.6) is 0 Å². The lowest BCUT2D eigenvalue weighted by molar-refractivity contribution is 0.0376. The quantitative estimate of drug-likeness (QED) is 0.420. The minimum absolute atomic E-state index is 0.194. The van der Waals surface area contributed by atoms with Gasteiger partial charge in [-0.2, -0.15) is 0 Å². The first-order valence-corrected chi connectivity index (χ1v) is 8.27. The Morgan fingerprint density at radius 3 is 2.74 bits per heavy atom. The molecule has 0 aliphatic carbocycles. The molecule has 1 fully saturated rings. The average Bonchev–Trinajstić information content (AvgIpc) is 2.58. The molecule has 3 N–H and O–H groups in total. The van der Waals surface area contributed by atoms with Gasteiger partial charge in [0.2, 0.25) is 0 Å². The van der Waals surface area contributed by atoms with E-state index >= 15 is 0 Å². The number of hydrogen-bond acceptors (Lipinski definition) is 4. The number of aryl methyl sites for hydroxylation is 1. The van der Waals surface area contributed by atoms with Gasteiger partial charge in [-0.25, -0.2) is 0 Å². The molecule has 1 aliphatic heterocycles. The Kier molecular flexibility index (Phi) is 7.25. The summed E-state index contributed by atoms with van der Waals surface area (Å²) in [7, 11) is 0. The van der Waals surface area contributed by atoms with Crippen LogP contribution >= 0.6 is 12.2 Å². The van der Waals surface area contributed by atoms with E-state index < -0.39 is 0 Å². The van der Waals surface area contributed by atoms with Crippen LogP contribution in [0.25, 0.3) is 0 Å². The van der Waals surface area contributed by atoms with Gasteiger partial charge in [-0.15, -0.1) is 0 Å². The largest absolute Gasteiger partial charge is 0.379 e. The Morgan fingerprint density at radius 2 is 2.00 bits per heavy atom. The fraction of sp³-hybridized carbons (Fsp3) is 0.500. The summed E-state index contributed by atoms with van der Waals surface area (Å²) in [5.74, 6) is -0.194. The van der Waals surface area contributed by atoms with Crippen LogP contribution in [0.1, 0.15) is 22.3 Å². The number of ether oxygens (including phenoxy) is 1. The van der Waals surface area contributed by atoms with Crippen molar-refractivity contribution >= 4 is 23.2 Å². The molecule has 1 heterocycles. The van der Waals surface area contributed by atoms with Crippen molar-refractivity contribution in [1.82, 2.24) is 21.1 Å². The number of carbonyl (C=O) groups is 1. The van der Waals surface area contributed by atoms with Crippen molar-refractivity contribution in [2.24, 2.45) is 0 Å². The second kappa shape index (κ2) is 9.44. The zero-order valence-corrected chi connectivity index (χ0v) is 14.2. The van der Waals surface area contributed by atoms with Gasteiger partial charge in [0.25, 0.3) is 5.91 Å². The second-order valence-corrected chi connectivity index (χ2v) is 5.87. The molecule has 6 nitrogen and oxygen atoms in total. The number of benzene rings is 1. The summed E-state index contributed by atoms with van der Waals surface area (Å²) in [4.78, 5) is 14.4. The van der Waals surface area contributed by atoms with Crippen LogP contribution in [0.15, 0.2) is 24.3 Å². The summed E-state index contributed by atoms with van der Waals surface area (Å²) < 4.78 is 5.32. The molecule has 0 radical (unpaired) electrons.